The first-order valence-electron chi connectivity index (χ1n) is 6.27. The van der Waals surface area contributed by atoms with Crippen LogP contribution >= 0.6 is 15.9 Å². The van der Waals surface area contributed by atoms with Gasteiger partial charge in [0, 0.05) is 22.3 Å². The van der Waals surface area contributed by atoms with Crippen LogP contribution in [0.25, 0.3) is 0 Å². The maximum Gasteiger partial charge on any atom is 0.269 e. The van der Waals surface area contributed by atoms with Crippen LogP contribution in [0.5, 0.6) is 0 Å². The number of nitro groups is 1. The molecule has 0 radical (unpaired) electrons. The van der Waals surface area contributed by atoms with Crippen LogP contribution in [0.2, 0.25) is 0 Å². The molecule has 116 valence electrons. The minimum absolute atomic E-state index is 0.132. The number of hydrogen-bond donors (Lipinski definition) is 1. The second-order valence-electron chi connectivity index (χ2n) is 4.75. The number of nitrogens with zero attached hydrogens (tertiary/aromatic N) is 1. The molecule has 8 heteroatoms. The van der Waals surface area contributed by atoms with E-state index in [1.165, 1.54) is 18.2 Å². The highest BCUT2D eigenvalue weighted by molar-refractivity contribution is 9.10. The van der Waals surface area contributed by atoms with Crippen molar-refractivity contribution in [2.45, 2.75) is 12.7 Å². The highest BCUT2D eigenvalue weighted by Gasteiger charge is 2.14. The lowest BCUT2D eigenvalue weighted by Gasteiger charge is -2.09. The number of rotatable bonds is 5. The molecule has 6 nitrogen and oxygen atoms in total. The van der Waals surface area contributed by atoms with E-state index in [9.17, 15) is 18.5 Å². The molecule has 0 atom stereocenters. The highest BCUT2D eigenvalue weighted by Crippen LogP contribution is 2.22. The van der Waals surface area contributed by atoms with Gasteiger partial charge in [-0.3, -0.25) is 14.8 Å². The lowest BCUT2D eigenvalue weighted by molar-refractivity contribution is -0.384. The molecule has 0 saturated heterocycles. The zero-order valence-electron chi connectivity index (χ0n) is 11.6. The Bertz CT molecular complexity index is 821. The summed E-state index contributed by atoms with van der Waals surface area (Å²) in [5.74, 6) is -0.330. The van der Waals surface area contributed by atoms with Gasteiger partial charge in [-0.1, -0.05) is 28.1 Å². The van der Waals surface area contributed by atoms with E-state index in [1.807, 2.05) is 6.92 Å². The number of benzene rings is 2. The molecule has 0 unspecified atom stereocenters. The average Bonchev–Trinajstić information content (AvgIpc) is 2.42. The number of nitrogens with one attached hydrogen (secondary N) is 1. The Labute approximate surface area is 136 Å². The summed E-state index contributed by atoms with van der Waals surface area (Å²) in [6.07, 6.45) is 0. The minimum atomic E-state index is -3.65. The molecule has 0 bridgehead atoms. The van der Waals surface area contributed by atoms with E-state index in [0.717, 1.165) is 10.0 Å². The fourth-order valence-electron chi connectivity index (χ4n) is 1.90. The van der Waals surface area contributed by atoms with Crippen LogP contribution in [0.15, 0.2) is 46.9 Å². The monoisotopic (exact) mass is 384 g/mol. The van der Waals surface area contributed by atoms with E-state index in [-0.39, 0.29) is 11.4 Å². The molecule has 2 rings (SSSR count). The Hall–Kier alpha value is -1.93. The Morgan fingerprint density at radius 2 is 1.95 bits per heavy atom. The summed E-state index contributed by atoms with van der Waals surface area (Å²) in [5, 5.41) is 10.7. The largest absolute Gasteiger partial charge is 0.283 e. The van der Waals surface area contributed by atoms with Gasteiger partial charge >= 0.3 is 0 Å². The van der Waals surface area contributed by atoms with Gasteiger partial charge in [-0.15, -0.1) is 0 Å². The summed E-state index contributed by atoms with van der Waals surface area (Å²) in [6.45, 7) is 1.85. The molecular formula is C14H13BrN2O4S. The number of sulfonamides is 1. The zero-order valence-corrected chi connectivity index (χ0v) is 14.0. The molecule has 0 heterocycles. The predicted octanol–water partition coefficient (Wildman–Crippen LogP) is 3.61. The van der Waals surface area contributed by atoms with Crippen molar-refractivity contribution in [3.05, 3.63) is 68.2 Å². The molecule has 0 aliphatic carbocycles. The van der Waals surface area contributed by atoms with Crippen LogP contribution < -0.4 is 4.72 Å². The Kier molecular flexibility index (Phi) is 4.82. The number of halogens is 1. The number of nitro benzene ring substituents is 1. The third kappa shape index (κ3) is 4.28. The Morgan fingerprint density at radius 1 is 1.23 bits per heavy atom. The van der Waals surface area contributed by atoms with Gasteiger partial charge in [0.05, 0.1) is 10.7 Å². The second kappa shape index (κ2) is 6.45. The van der Waals surface area contributed by atoms with Gasteiger partial charge in [0.25, 0.3) is 5.69 Å². The molecular weight excluding hydrogens is 372 g/mol. The van der Waals surface area contributed by atoms with Crippen LogP contribution in [0.1, 0.15) is 11.1 Å². The highest BCUT2D eigenvalue weighted by atomic mass is 79.9. The van der Waals surface area contributed by atoms with Crippen molar-refractivity contribution in [2.24, 2.45) is 0 Å². The normalized spacial score (nSPS) is 11.2. The van der Waals surface area contributed by atoms with Crippen LogP contribution in [-0.2, 0) is 15.8 Å². The molecule has 2 aromatic carbocycles. The SMILES string of the molecule is Cc1cc(NS(=O)(=O)Cc2cccc([N+](=O)[O-])c2)ccc1Br. The van der Waals surface area contributed by atoms with Gasteiger partial charge in [0.1, 0.15) is 0 Å². The second-order valence-corrected chi connectivity index (χ2v) is 7.33. The molecule has 0 aliphatic heterocycles. The van der Waals surface area contributed by atoms with E-state index in [0.29, 0.717) is 11.3 Å². The van der Waals surface area contributed by atoms with Gasteiger partial charge in [0.2, 0.25) is 10.0 Å². The first-order chi connectivity index (χ1) is 10.3. The third-order valence-electron chi connectivity index (χ3n) is 2.91. The van der Waals surface area contributed by atoms with Crippen LogP contribution in [0.3, 0.4) is 0 Å². The van der Waals surface area contributed by atoms with Gasteiger partial charge < -0.3 is 0 Å². The molecule has 0 fully saturated rings. The van der Waals surface area contributed by atoms with Gasteiger partial charge in [-0.05, 0) is 36.2 Å². The number of non-ortho nitro benzene ring substituents is 1. The standard InChI is InChI=1S/C14H13BrN2O4S/c1-10-7-12(5-6-14(10)15)16-22(20,21)9-11-3-2-4-13(8-11)17(18)19/h2-8,16H,9H2,1H3. The summed E-state index contributed by atoms with van der Waals surface area (Å²) < 4.78 is 27.7. The van der Waals surface area contributed by atoms with Crippen molar-refractivity contribution in [1.29, 1.82) is 0 Å². The van der Waals surface area contributed by atoms with E-state index >= 15 is 0 Å². The Balaban J connectivity index is 2.19. The molecule has 0 aromatic heterocycles. The summed E-state index contributed by atoms with van der Waals surface area (Å²) in [6, 6.07) is 10.7. The van der Waals surface area contributed by atoms with E-state index in [2.05, 4.69) is 20.7 Å². The molecule has 1 N–H and O–H groups in total. The van der Waals surface area contributed by atoms with E-state index < -0.39 is 14.9 Å². The van der Waals surface area contributed by atoms with Crippen molar-refractivity contribution >= 4 is 37.3 Å². The van der Waals surface area contributed by atoms with Gasteiger partial charge in [-0.25, -0.2) is 8.42 Å². The lowest BCUT2D eigenvalue weighted by Crippen LogP contribution is -2.15. The molecule has 0 aliphatic rings. The first kappa shape index (κ1) is 16.4. The fraction of sp³-hybridized carbons (Fsp3) is 0.143. The van der Waals surface area contributed by atoms with Gasteiger partial charge in [0.15, 0.2) is 0 Å². The first-order valence-corrected chi connectivity index (χ1v) is 8.71. The van der Waals surface area contributed by atoms with E-state index in [4.69, 9.17) is 0 Å². The molecule has 0 spiro atoms. The summed E-state index contributed by atoms with van der Waals surface area (Å²) in [4.78, 5) is 10.2. The maximum absolute atomic E-state index is 12.2. The lowest BCUT2D eigenvalue weighted by atomic mass is 10.2. The maximum atomic E-state index is 12.2. The Morgan fingerprint density at radius 3 is 2.59 bits per heavy atom. The van der Waals surface area contributed by atoms with E-state index in [1.54, 1.807) is 24.3 Å². The summed E-state index contributed by atoms with van der Waals surface area (Å²) in [5.41, 5.74) is 1.57. The fourth-order valence-corrected chi connectivity index (χ4v) is 3.33. The number of hydrogen-bond acceptors (Lipinski definition) is 4. The molecule has 0 amide bonds. The summed E-state index contributed by atoms with van der Waals surface area (Å²) >= 11 is 3.34. The molecule has 2 aromatic rings. The topological polar surface area (TPSA) is 89.3 Å². The number of aryl methyl sites for hydroxylation is 1. The van der Waals surface area contributed by atoms with Crippen LogP contribution in [0, 0.1) is 17.0 Å². The van der Waals surface area contributed by atoms with Crippen LogP contribution in [-0.4, -0.2) is 13.3 Å². The van der Waals surface area contributed by atoms with Crippen molar-refractivity contribution in [3.63, 3.8) is 0 Å². The molecule has 22 heavy (non-hydrogen) atoms. The van der Waals surface area contributed by atoms with Crippen molar-refractivity contribution in [1.82, 2.24) is 0 Å². The minimum Gasteiger partial charge on any atom is -0.283 e. The number of anilines is 1. The summed E-state index contributed by atoms with van der Waals surface area (Å²) in [7, 11) is -3.65. The average molecular weight is 385 g/mol. The zero-order chi connectivity index (χ0) is 16.3. The predicted molar refractivity (Wildman–Crippen MR) is 88.2 cm³/mol. The quantitative estimate of drug-likeness (QED) is 0.629. The van der Waals surface area contributed by atoms with Gasteiger partial charge in [-0.2, -0.15) is 0 Å². The van der Waals surface area contributed by atoms with Crippen molar-refractivity contribution < 1.29 is 13.3 Å². The van der Waals surface area contributed by atoms with Crippen molar-refractivity contribution in [2.75, 3.05) is 4.72 Å². The van der Waals surface area contributed by atoms with Crippen LogP contribution in [0.4, 0.5) is 11.4 Å². The molecule has 0 saturated carbocycles. The third-order valence-corrected chi connectivity index (χ3v) is 5.06. The smallest absolute Gasteiger partial charge is 0.269 e. The van der Waals surface area contributed by atoms with Crippen molar-refractivity contribution in [3.8, 4) is 0 Å².